The Labute approximate surface area is 262 Å². The van der Waals surface area contributed by atoms with Crippen LogP contribution in [0.15, 0.2) is 54.6 Å². The first-order valence-electron chi connectivity index (χ1n) is 15.9. The lowest BCUT2D eigenvalue weighted by molar-refractivity contribution is 0.0513. The van der Waals surface area contributed by atoms with E-state index in [0.717, 1.165) is 52.8 Å². The molecule has 7 rings (SSSR count). The van der Waals surface area contributed by atoms with Crippen LogP contribution in [0, 0.1) is 12.7 Å². The average molecular weight is 608 g/mol. The van der Waals surface area contributed by atoms with Gasteiger partial charge >= 0.3 is 5.97 Å². The number of ether oxygens (including phenoxy) is 3. The van der Waals surface area contributed by atoms with Crippen LogP contribution in [0.1, 0.15) is 69.5 Å². The third-order valence-electron chi connectivity index (χ3n) is 9.21. The van der Waals surface area contributed by atoms with Crippen molar-refractivity contribution in [2.45, 2.75) is 65.7 Å². The number of hydrogen-bond acceptors (Lipinski definition) is 5. The molecule has 0 fully saturated rings. The number of fused-ring (bicyclic) bond motifs is 4. The fourth-order valence-corrected chi connectivity index (χ4v) is 7.20. The average Bonchev–Trinajstić information content (AvgIpc) is 3.70. The summed E-state index contributed by atoms with van der Waals surface area (Å²) in [4.78, 5) is 13.9. The normalized spacial score (nSPS) is 14.0. The molecule has 0 saturated heterocycles. The zero-order chi connectivity index (χ0) is 31.1. The summed E-state index contributed by atoms with van der Waals surface area (Å²) in [7, 11) is 1.86. The van der Waals surface area contributed by atoms with Crippen LogP contribution in [0.5, 0.6) is 5.75 Å². The molecule has 0 unspecified atom stereocenters. The number of nitrogens with zero attached hydrogens (tertiary/aromatic N) is 3. The van der Waals surface area contributed by atoms with E-state index in [1.165, 1.54) is 17.2 Å². The number of carbonyl (C=O) groups excluding carboxylic acids is 1. The van der Waals surface area contributed by atoms with E-state index in [1.807, 2.05) is 55.8 Å². The summed E-state index contributed by atoms with van der Waals surface area (Å²) in [6.07, 6.45) is 4.55. The highest BCUT2D eigenvalue weighted by atomic mass is 19.1. The van der Waals surface area contributed by atoms with Crippen LogP contribution < -0.4 is 4.74 Å². The topological polar surface area (TPSA) is 67.5 Å². The van der Waals surface area contributed by atoms with Crippen molar-refractivity contribution < 1.29 is 23.4 Å². The molecule has 0 bridgehead atoms. The van der Waals surface area contributed by atoms with Crippen LogP contribution in [0.25, 0.3) is 22.0 Å². The fourth-order valence-electron chi connectivity index (χ4n) is 7.20. The van der Waals surface area contributed by atoms with Gasteiger partial charge in [-0.15, -0.1) is 0 Å². The van der Waals surface area contributed by atoms with E-state index in [2.05, 4.69) is 17.2 Å². The largest absolute Gasteiger partial charge is 0.493 e. The van der Waals surface area contributed by atoms with Crippen LogP contribution in [0.2, 0.25) is 0 Å². The Morgan fingerprint density at radius 1 is 1.00 bits per heavy atom. The fraction of sp³-hybridized carbons (Fsp3) is 0.351. The number of halogens is 1. The number of aryl methyl sites for hydroxylation is 4. The van der Waals surface area contributed by atoms with Crippen molar-refractivity contribution in [3.8, 4) is 16.9 Å². The van der Waals surface area contributed by atoms with E-state index in [-0.39, 0.29) is 19.0 Å². The first kappa shape index (κ1) is 29.3. The third-order valence-corrected chi connectivity index (χ3v) is 9.21. The van der Waals surface area contributed by atoms with Crippen molar-refractivity contribution in [2.24, 2.45) is 7.05 Å². The van der Waals surface area contributed by atoms with Gasteiger partial charge in [-0.3, -0.25) is 4.68 Å². The van der Waals surface area contributed by atoms with Gasteiger partial charge in [0.15, 0.2) is 0 Å². The number of aromatic nitrogens is 3. The first-order chi connectivity index (χ1) is 22.0. The molecule has 0 atom stereocenters. The van der Waals surface area contributed by atoms with E-state index < -0.39 is 5.97 Å². The Hall–Kier alpha value is -4.43. The van der Waals surface area contributed by atoms with Gasteiger partial charge in [0.05, 0.1) is 43.3 Å². The molecule has 0 N–H and O–H groups in total. The van der Waals surface area contributed by atoms with Crippen LogP contribution in [-0.4, -0.2) is 33.5 Å². The molecule has 0 amide bonds. The maximum atomic E-state index is 16.2. The molecule has 0 radical (unpaired) electrons. The van der Waals surface area contributed by atoms with Crippen molar-refractivity contribution >= 4 is 16.9 Å². The van der Waals surface area contributed by atoms with Crippen LogP contribution in [0.3, 0.4) is 0 Å². The third kappa shape index (κ3) is 5.21. The van der Waals surface area contributed by atoms with E-state index in [9.17, 15) is 4.79 Å². The minimum Gasteiger partial charge on any atom is -0.493 e. The number of hydrogen-bond donors (Lipinski definition) is 0. The summed E-state index contributed by atoms with van der Waals surface area (Å²) in [5.74, 6) is 0.174. The molecule has 3 heterocycles. The summed E-state index contributed by atoms with van der Waals surface area (Å²) in [6, 6.07) is 17.7. The second-order valence-corrected chi connectivity index (χ2v) is 11.9. The maximum Gasteiger partial charge on any atom is 0.355 e. The first-order valence-corrected chi connectivity index (χ1v) is 15.9. The monoisotopic (exact) mass is 607 g/mol. The molecule has 0 spiro atoms. The van der Waals surface area contributed by atoms with E-state index in [0.29, 0.717) is 60.6 Å². The number of benzene rings is 3. The molecule has 3 aromatic carbocycles. The van der Waals surface area contributed by atoms with Crippen molar-refractivity contribution in [2.75, 3.05) is 13.2 Å². The van der Waals surface area contributed by atoms with Crippen molar-refractivity contribution in [3.05, 3.63) is 105 Å². The van der Waals surface area contributed by atoms with Gasteiger partial charge in [-0.2, -0.15) is 5.10 Å². The molecular weight excluding hydrogens is 569 g/mol. The minimum atomic E-state index is -0.413. The summed E-state index contributed by atoms with van der Waals surface area (Å²) in [5.41, 5.74) is 9.30. The molecule has 5 aromatic rings. The SMILES string of the molecule is CCOC(=O)c1c(CCCOc2cccc3c2CCC3)c2ccc(F)c3c2n1Cc1ccccc1COCc1c-3c(C)nn1C. The molecule has 0 saturated carbocycles. The quantitative estimate of drug-likeness (QED) is 0.144. The number of esters is 1. The van der Waals surface area contributed by atoms with E-state index in [4.69, 9.17) is 14.2 Å². The van der Waals surface area contributed by atoms with E-state index in [1.54, 1.807) is 10.7 Å². The Balaban J connectivity index is 1.39. The van der Waals surface area contributed by atoms with Crippen molar-refractivity contribution in [3.63, 3.8) is 0 Å². The van der Waals surface area contributed by atoms with Gasteiger partial charge < -0.3 is 18.8 Å². The molecule has 45 heavy (non-hydrogen) atoms. The lowest BCUT2D eigenvalue weighted by atomic mass is 9.97. The molecule has 1 aliphatic heterocycles. The van der Waals surface area contributed by atoms with E-state index >= 15 is 4.39 Å². The second kappa shape index (κ2) is 12.2. The predicted molar refractivity (Wildman–Crippen MR) is 171 cm³/mol. The summed E-state index contributed by atoms with van der Waals surface area (Å²) < 4.78 is 38.1. The summed E-state index contributed by atoms with van der Waals surface area (Å²) in [6.45, 7) is 5.46. The highest BCUT2D eigenvalue weighted by Crippen LogP contribution is 2.41. The van der Waals surface area contributed by atoms with Gasteiger partial charge in [0.1, 0.15) is 17.3 Å². The minimum absolute atomic E-state index is 0.236. The van der Waals surface area contributed by atoms with Crippen LogP contribution in [-0.2, 0) is 55.5 Å². The lowest BCUT2D eigenvalue weighted by Gasteiger charge is -2.16. The molecule has 2 aliphatic rings. The van der Waals surface area contributed by atoms with Gasteiger partial charge in [-0.25, -0.2) is 9.18 Å². The maximum absolute atomic E-state index is 16.2. The Kier molecular flexibility index (Phi) is 7.92. The van der Waals surface area contributed by atoms with Crippen LogP contribution >= 0.6 is 0 Å². The highest BCUT2D eigenvalue weighted by molar-refractivity contribution is 6.05. The molecule has 1 aliphatic carbocycles. The summed E-state index contributed by atoms with van der Waals surface area (Å²) in [5, 5.41) is 5.50. The molecule has 7 nitrogen and oxygen atoms in total. The summed E-state index contributed by atoms with van der Waals surface area (Å²) >= 11 is 0. The van der Waals surface area contributed by atoms with Gasteiger partial charge in [0.2, 0.25) is 0 Å². The molecule has 2 aromatic heterocycles. The van der Waals surface area contributed by atoms with Gasteiger partial charge in [-0.1, -0.05) is 36.4 Å². The molecule has 8 heteroatoms. The zero-order valence-corrected chi connectivity index (χ0v) is 26.1. The smallest absolute Gasteiger partial charge is 0.355 e. The number of carbonyl (C=O) groups is 1. The number of rotatable bonds is 7. The van der Waals surface area contributed by atoms with Crippen LogP contribution in [0.4, 0.5) is 4.39 Å². The Morgan fingerprint density at radius 2 is 1.82 bits per heavy atom. The predicted octanol–water partition coefficient (Wildman–Crippen LogP) is 7.24. The lowest BCUT2D eigenvalue weighted by Crippen LogP contribution is -2.16. The Bertz CT molecular complexity index is 1920. The molecule has 232 valence electrons. The second-order valence-electron chi connectivity index (χ2n) is 11.9. The highest BCUT2D eigenvalue weighted by Gasteiger charge is 2.30. The zero-order valence-electron chi connectivity index (χ0n) is 26.1. The molecular formula is C37H38FN3O4. The van der Waals surface area contributed by atoms with Gasteiger partial charge in [-0.05, 0) is 92.0 Å². The Morgan fingerprint density at radius 3 is 2.67 bits per heavy atom. The van der Waals surface area contributed by atoms with Crippen molar-refractivity contribution in [1.29, 1.82) is 0 Å². The van der Waals surface area contributed by atoms with Crippen molar-refractivity contribution in [1.82, 2.24) is 14.3 Å². The standard InChI is InChI=1S/C37H38FN3O4/c1-4-44-37(42)36-28(15-9-19-45-32-16-8-13-24-12-7-14-27(24)32)29-17-18-30(38)34-33-23(2)39-40(3)31(33)22-43-21-26-11-6-5-10-25(26)20-41(36)35(29)34/h5-6,8,10-11,13,16-18H,4,7,9,12,14-15,19-22H2,1-3H3. The van der Waals surface area contributed by atoms with Gasteiger partial charge in [0.25, 0.3) is 0 Å². The van der Waals surface area contributed by atoms with Gasteiger partial charge in [0, 0.05) is 30.1 Å².